The number of nitro groups is 1. The topological polar surface area (TPSA) is 173 Å². The molecule has 35 heavy (non-hydrogen) atoms. The first-order valence-electron chi connectivity index (χ1n) is 9.42. The predicted octanol–water partition coefficient (Wildman–Crippen LogP) is 6.19. The van der Waals surface area contributed by atoms with Crippen molar-refractivity contribution >= 4 is 63.8 Å². The first-order valence-corrected chi connectivity index (χ1v) is 11.6. The van der Waals surface area contributed by atoms with Gasteiger partial charge in [-0.25, -0.2) is 5.26 Å². The summed E-state index contributed by atoms with van der Waals surface area (Å²) in [6, 6.07) is 14.5. The number of rotatable bonds is 10. The lowest BCUT2D eigenvalue weighted by Gasteiger charge is -2.06. The fourth-order valence-electron chi connectivity index (χ4n) is 2.76. The summed E-state index contributed by atoms with van der Waals surface area (Å²) in [5.41, 5.74) is 1.56. The van der Waals surface area contributed by atoms with Crippen molar-refractivity contribution in [1.82, 2.24) is 0 Å². The third-order valence-corrected chi connectivity index (χ3v) is 5.96. The largest absolute Gasteiger partial charge is 0.295 e. The van der Waals surface area contributed by atoms with Gasteiger partial charge < -0.3 is 0 Å². The number of nitro benzene ring substituents is 1. The molecule has 0 heterocycles. The van der Waals surface area contributed by atoms with Crippen molar-refractivity contribution in [1.29, 1.82) is 0 Å². The minimum absolute atomic E-state index is 0.112. The highest BCUT2D eigenvalue weighted by Gasteiger charge is 2.16. The molecule has 0 radical (unpaired) electrons. The van der Waals surface area contributed by atoms with Crippen LogP contribution in [0.2, 0.25) is 0 Å². The van der Waals surface area contributed by atoms with Gasteiger partial charge in [-0.1, -0.05) is 23.3 Å². The van der Waals surface area contributed by atoms with Crippen LogP contribution in [0.4, 0.5) is 22.7 Å². The molecule has 2 N–H and O–H groups in total. The molecule has 0 aliphatic rings. The maximum Gasteiger partial charge on any atom is 0.295 e. The van der Waals surface area contributed by atoms with Crippen LogP contribution in [-0.4, -0.2) is 29.9 Å². The van der Waals surface area contributed by atoms with E-state index >= 15 is 0 Å². The summed E-state index contributed by atoms with van der Waals surface area (Å²) in [6.07, 6.45) is 2.81. The maximum absolute atomic E-state index is 12.0. The van der Waals surface area contributed by atoms with E-state index in [4.69, 9.17) is 5.26 Å². The highest BCUT2D eigenvalue weighted by molar-refractivity contribution is 7.94. The van der Waals surface area contributed by atoms with Crippen molar-refractivity contribution in [3.63, 3.8) is 0 Å². The maximum atomic E-state index is 12.0. The van der Waals surface area contributed by atoms with Crippen molar-refractivity contribution < 1.29 is 32.5 Å². The van der Waals surface area contributed by atoms with E-state index in [0.29, 0.717) is 29.0 Å². The first-order chi connectivity index (χ1) is 16.7. The lowest BCUT2D eigenvalue weighted by atomic mass is 10.1. The van der Waals surface area contributed by atoms with Crippen LogP contribution in [0.25, 0.3) is 12.2 Å². The Morgan fingerprint density at radius 1 is 0.943 bits per heavy atom. The molecule has 0 amide bonds. The Morgan fingerprint density at radius 3 is 2.17 bits per heavy atom. The van der Waals surface area contributed by atoms with Gasteiger partial charge >= 0.3 is 0 Å². The Labute approximate surface area is 203 Å². The molecule has 0 aliphatic heterocycles. The van der Waals surface area contributed by atoms with Gasteiger partial charge in [0.25, 0.3) is 15.8 Å². The van der Waals surface area contributed by atoms with Crippen molar-refractivity contribution in [2.75, 3.05) is 0 Å². The van der Waals surface area contributed by atoms with Crippen molar-refractivity contribution in [3.8, 4) is 0 Å². The Hall–Kier alpha value is -3.79. The number of non-ortho nitro benzene ring substituents is 1. The van der Waals surface area contributed by atoms with Crippen LogP contribution in [0.3, 0.4) is 0 Å². The number of aliphatic imine (C=N–C) groups is 1. The lowest BCUT2D eigenvalue weighted by Crippen LogP contribution is -2.00. The molecule has 12 nitrogen and oxygen atoms in total. The molecule has 0 aliphatic carbocycles. The molecule has 0 bridgehead atoms. The van der Waals surface area contributed by atoms with Crippen LogP contribution in [0.15, 0.2) is 85.7 Å². The monoisotopic (exact) mass is 516 g/mol. The van der Waals surface area contributed by atoms with Crippen LogP contribution in [0, 0.1) is 10.1 Å². The fourth-order valence-corrected chi connectivity index (χ4v) is 3.97. The van der Waals surface area contributed by atoms with E-state index in [1.54, 1.807) is 24.3 Å². The van der Waals surface area contributed by atoms with E-state index in [2.05, 4.69) is 31.3 Å². The zero-order chi connectivity index (χ0) is 25.4. The summed E-state index contributed by atoms with van der Waals surface area (Å²) in [4.78, 5) is 13.9. The molecule has 3 aromatic rings. The molecule has 3 rings (SSSR count). The van der Waals surface area contributed by atoms with Gasteiger partial charge in [0.05, 0.1) is 38.9 Å². The predicted molar refractivity (Wildman–Crippen MR) is 129 cm³/mol. The van der Waals surface area contributed by atoms with Gasteiger partial charge in [0, 0.05) is 12.1 Å². The highest BCUT2D eigenvalue weighted by Crippen LogP contribution is 2.31. The normalized spacial score (nSPS) is 11.8. The van der Waals surface area contributed by atoms with Crippen molar-refractivity contribution in [3.05, 3.63) is 81.9 Å². The van der Waals surface area contributed by atoms with Gasteiger partial charge in [-0.2, -0.15) is 18.6 Å². The molecule has 0 saturated heterocycles. The lowest BCUT2D eigenvalue weighted by molar-refractivity contribution is -0.432. The van der Waals surface area contributed by atoms with Crippen LogP contribution in [-0.2, 0) is 19.5 Å². The standard InChI is InChI=1S/C21H16N4O8S2/c1-22-16-7-9-17(10-8-16)23-24-18-6-4-15(21(12-18)35(29,30)31)3-2-14-5-11-19(25(26)27)13-20(14)34-33-32-28/h2-13,28H,1H2,(H,29,30,31)/b3-2-,24-23?. The first kappa shape index (κ1) is 25.8. The summed E-state index contributed by atoms with van der Waals surface area (Å²) >= 11 is 0.500. The molecule has 0 fully saturated rings. The minimum atomic E-state index is -4.64. The molecular weight excluding hydrogens is 500 g/mol. The average Bonchev–Trinajstić information content (AvgIpc) is 2.85. The van der Waals surface area contributed by atoms with E-state index < -0.39 is 19.9 Å². The van der Waals surface area contributed by atoms with Gasteiger partial charge in [0.1, 0.15) is 4.90 Å². The quantitative estimate of drug-likeness (QED) is 0.0465. The number of benzene rings is 3. The van der Waals surface area contributed by atoms with Crippen molar-refractivity contribution in [2.24, 2.45) is 15.2 Å². The Bertz CT molecular complexity index is 1410. The fraction of sp³-hybridized carbons (Fsp3) is 0. The van der Waals surface area contributed by atoms with Gasteiger partial charge in [-0.15, -0.1) is 4.33 Å². The zero-order valence-corrected chi connectivity index (χ0v) is 19.2. The van der Waals surface area contributed by atoms with E-state index in [1.165, 1.54) is 42.5 Å². The highest BCUT2D eigenvalue weighted by atomic mass is 32.2. The Morgan fingerprint density at radius 2 is 1.54 bits per heavy atom. The number of nitrogens with zero attached hydrogens (tertiary/aromatic N) is 4. The average molecular weight is 517 g/mol. The summed E-state index contributed by atoms with van der Waals surface area (Å²) < 4.78 is 38.0. The van der Waals surface area contributed by atoms with E-state index in [-0.39, 0.29) is 21.8 Å². The molecule has 0 saturated carbocycles. The van der Waals surface area contributed by atoms with E-state index in [1.807, 2.05) is 0 Å². The van der Waals surface area contributed by atoms with Crippen LogP contribution in [0.5, 0.6) is 0 Å². The zero-order valence-electron chi connectivity index (χ0n) is 17.6. The molecule has 0 atom stereocenters. The summed E-state index contributed by atoms with van der Waals surface area (Å²) in [5.74, 6) is 0. The van der Waals surface area contributed by atoms with Gasteiger partial charge in [0.15, 0.2) is 0 Å². The van der Waals surface area contributed by atoms with Gasteiger partial charge in [-0.3, -0.25) is 19.7 Å². The second-order valence-corrected chi connectivity index (χ2v) is 8.74. The van der Waals surface area contributed by atoms with Gasteiger partial charge in [-0.05, 0) is 60.3 Å². The SMILES string of the molecule is C=Nc1ccc(N=Nc2ccc(/C=C\c3ccc([N+](=O)[O-])cc3SOOO)c(S(=O)(=O)O)c2)cc1. The number of hydrogen-bond donors (Lipinski definition) is 2. The summed E-state index contributed by atoms with van der Waals surface area (Å²) in [6.45, 7) is 3.42. The summed E-state index contributed by atoms with van der Waals surface area (Å²) in [5, 5.41) is 31.0. The van der Waals surface area contributed by atoms with E-state index in [0.717, 1.165) is 6.07 Å². The van der Waals surface area contributed by atoms with Crippen molar-refractivity contribution in [2.45, 2.75) is 9.79 Å². The van der Waals surface area contributed by atoms with E-state index in [9.17, 15) is 23.1 Å². The molecule has 180 valence electrons. The van der Waals surface area contributed by atoms with Crippen LogP contribution < -0.4 is 0 Å². The molecule has 0 aromatic heterocycles. The molecule has 0 unspecified atom stereocenters. The Balaban J connectivity index is 1.94. The summed E-state index contributed by atoms with van der Waals surface area (Å²) in [7, 11) is -4.64. The molecule has 3 aromatic carbocycles. The Kier molecular flexibility index (Phi) is 8.53. The van der Waals surface area contributed by atoms with Crippen LogP contribution in [0.1, 0.15) is 11.1 Å². The number of hydrogen-bond acceptors (Lipinski definition) is 11. The minimum Gasteiger partial charge on any atom is -0.282 e. The molecule has 0 spiro atoms. The third-order valence-electron chi connectivity index (χ3n) is 4.39. The second kappa shape index (κ2) is 11.6. The second-order valence-electron chi connectivity index (χ2n) is 6.61. The molecule has 14 heteroatoms. The van der Waals surface area contributed by atoms with Gasteiger partial charge in [0.2, 0.25) is 0 Å². The number of azo groups is 1. The third kappa shape index (κ3) is 7.10. The smallest absolute Gasteiger partial charge is 0.282 e. The molecular formula is C21H16N4O8S2. The van der Waals surface area contributed by atoms with Crippen LogP contribution >= 0.6 is 12.0 Å².